The molecule has 1 heterocycles. The molecule has 4 heteroatoms. The number of hydrogen-bond donors (Lipinski definition) is 1. The first-order valence-corrected chi connectivity index (χ1v) is 6.20. The fraction of sp³-hybridized carbons (Fsp3) is 0.333. The second-order valence-electron chi connectivity index (χ2n) is 4.85. The number of carboxylic acids is 1. The molecule has 1 atom stereocenters. The smallest absolute Gasteiger partial charge is 0.312 e. The lowest BCUT2D eigenvalue weighted by Crippen LogP contribution is -2.18. The van der Waals surface area contributed by atoms with Gasteiger partial charge in [0.15, 0.2) is 0 Å². The highest BCUT2D eigenvalue weighted by Gasteiger charge is 2.25. The van der Waals surface area contributed by atoms with Gasteiger partial charge in [-0.1, -0.05) is 19.9 Å². The van der Waals surface area contributed by atoms with E-state index >= 15 is 0 Å². The van der Waals surface area contributed by atoms with Crippen molar-refractivity contribution >= 4 is 16.9 Å². The maximum atomic E-state index is 11.3. The van der Waals surface area contributed by atoms with Crippen LogP contribution in [0.4, 0.5) is 0 Å². The summed E-state index contributed by atoms with van der Waals surface area (Å²) in [5.74, 6) is -0.720. The molecule has 100 valence electrons. The first-order valence-electron chi connectivity index (χ1n) is 6.20. The molecule has 19 heavy (non-hydrogen) atoms. The Hall–Kier alpha value is -2.10. The number of ether oxygens (including phenoxy) is 1. The first-order chi connectivity index (χ1) is 9.02. The number of carboxylic acid groups (broad SMARTS) is 1. The lowest BCUT2D eigenvalue weighted by Gasteiger charge is -2.16. The van der Waals surface area contributed by atoms with Crippen molar-refractivity contribution < 1.29 is 14.6 Å². The van der Waals surface area contributed by atoms with Crippen LogP contribution in [0.5, 0.6) is 5.75 Å². The summed E-state index contributed by atoms with van der Waals surface area (Å²) in [6.07, 6.45) is 0. The van der Waals surface area contributed by atoms with Gasteiger partial charge in [0, 0.05) is 11.5 Å². The number of nitrogens with zero attached hydrogens (tertiary/aromatic N) is 1. The molecule has 0 aliphatic heterocycles. The summed E-state index contributed by atoms with van der Waals surface area (Å²) in [5.41, 5.74) is 1.34. The van der Waals surface area contributed by atoms with Crippen molar-refractivity contribution in [3.05, 3.63) is 36.0 Å². The van der Waals surface area contributed by atoms with Crippen LogP contribution >= 0.6 is 0 Å². The standard InChI is InChI=1S/C15H17NO3/c1-9(2)14(15(17)18)12-7-5-10-4-6-11(19-3)8-13(10)16-12/h4-9,14H,1-3H3,(H,17,18). The molecular weight excluding hydrogens is 242 g/mol. The lowest BCUT2D eigenvalue weighted by molar-refractivity contribution is -0.139. The number of aromatic nitrogens is 1. The third-order valence-electron chi connectivity index (χ3n) is 3.17. The maximum Gasteiger partial charge on any atom is 0.312 e. The second kappa shape index (κ2) is 5.26. The second-order valence-corrected chi connectivity index (χ2v) is 4.85. The quantitative estimate of drug-likeness (QED) is 0.916. The summed E-state index contributed by atoms with van der Waals surface area (Å²) in [4.78, 5) is 15.8. The van der Waals surface area contributed by atoms with Gasteiger partial charge in [-0.25, -0.2) is 0 Å². The van der Waals surface area contributed by atoms with E-state index in [0.717, 1.165) is 10.9 Å². The fourth-order valence-corrected chi connectivity index (χ4v) is 2.17. The van der Waals surface area contributed by atoms with Crippen molar-refractivity contribution in [3.63, 3.8) is 0 Å². The number of pyridine rings is 1. The molecule has 0 aliphatic carbocycles. The Bertz CT molecular complexity index is 607. The van der Waals surface area contributed by atoms with E-state index in [1.54, 1.807) is 13.2 Å². The molecule has 0 fully saturated rings. The van der Waals surface area contributed by atoms with Crippen molar-refractivity contribution in [1.29, 1.82) is 0 Å². The zero-order chi connectivity index (χ0) is 14.0. The topological polar surface area (TPSA) is 59.4 Å². The van der Waals surface area contributed by atoms with Gasteiger partial charge in [0.05, 0.1) is 18.3 Å². The molecule has 0 radical (unpaired) electrons. The van der Waals surface area contributed by atoms with Crippen molar-refractivity contribution in [1.82, 2.24) is 4.98 Å². The van der Waals surface area contributed by atoms with Gasteiger partial charge in [-0.2, -0.15) is 0 Å². The van der Waals surface area contributed by atoms with Gasteiger partial charge in [-0.3, -0.25) is 9.78 Å². The number of rotatable bonds is 4. The van der Waals surface area contributed by atoms with Gasteiger partial charge >= 0.3 is 5.97 Å². The number of fused-ring (bicyclic) bond motifs is 1. The molecule has 2 aromatic rings. The van der Waals surface area contributed by atoms with Crippen LogP contribution < -0.4 is 4.74 Å². The number of aliphatic carboxylic acids is 1. The Labute approximate surface area is 112 Å². The van der Waals surface area contributed by atoms with Gasteiger partial charge in [-0.15, -0.1) is 0 Å². The third kappa shape index (κ3) is 2.67. The van der Waals surface area contributed by atoms with E-state index < -0.39 is 11.9 Å². The molecule has 2 rings (SSSR count). The molecule has 0 spiro atoms. The number of methoxy groups -OCH3 is 1. The predicted octanol–water partition coefficient (Wildman–Crippen LogP) is 3.07. The van der Waals surface area contributed by atoms with Crippen LogP contribution in [-0.2, 0) is 4.79 Å². The van der Waals surface area contributed by atoms with E-state index in [9.17, 15) is 9.90 Å². The minimum absolute atomic E-state index is 0.00643. The first kappa shape index (κ1) is 13.3. The minimum Gasteiger partial charge on any atom is -0.497 e. The highest BCUT2D eigenvalue weighted by molar-refractivity contribution is 5.82. The Morgan fingerprint density at radius 2 is 1.95 bits per heavy atom. The Kier molecular flexibility index (Phi) is 3.69. The zero-order valence-corrected chi connectivity index (χ0v) is 11.3. The van der Waals surface area contributed by atoms with Gasteiger partial charge in [-0.05, 0) is 24.1 Å². The van der Waals surface area contributed by atoms with Gasteiger partial charge in [0.25, 0.3) is 0 Å². The van der Waals surface area contributed by atoms with E-state index in [-0.39, 0.29) is 5.92 Å². The number of carbonyl (C=O) groups is 1. The summed E-state index contributed by atoms with van der Waals surface area (Å²) in [5, 5.41) is 10.3. The molecule has 1 N–H and O–H groups in total. The molecular formula is C15H17NO3. The molecule has 4 nitrogen and oxygen atoms in total. The molecule has 1 aromatic heterocycles. The third-order valence-corrected chi connectivity index (χ3v) is 3.17. The van der Waals surface area contributed by atoms with E-state index in [2.05, 4.69) is 4.98 Å². The van der Waals surface area contributed by atoms with Crippen molar-refractivity contribution in [3.8, 4) is 5.75 Å². The Morgan fingerprint density at radius 1 is 1.26 bits per heavy atom. The van der Waals surface area contributed by atoms with E-state index in [1.165, 1.54) is 0 Å². The van der Waals surface area contributed by atoms with Crippen LogP contribution in [0, 0.1) is 5.92 Å². The monoisotopic (exact) mass is 259 g/mol. The van der Waals surface area contributed by atoms with Gasteiger partial charge in [0.1, 0.15) is 11.7 Å². The Balaban J connectivity index is 2.52. The SMILES string of the molecule is COc1ccc2ccc(C(C(=O)O)C(C)C)nc2c1. The molecule has 0 saturated heterocycles. The fourth-order valence-electron chi connectivity index (χ4n) is 2.17. The largest absolute Gasteiger partial charge is 0.497 e. The predicted molar refractivity (Wildman–Crippen MR) is 73.5 cm³/mol. The zero-order valence-electron chi connectivity index (χ0n) is 11.3. The number of hydrogen-bond acceptors (Lipinski definition) is 3. The Morgan fingerprint density at radius 3 is 2.53 bits per heavy atom. The van der Waals surface area contributed by atoms with Crippen LogP contribution in [-0.4, -0.2) is 23.2 Å². The van der Waals surface area contributed by atoms with Crippen LogP contribution in [0.3, 0.4) is 0 Å². The van der Waals surface area contributed by atoms with E-state index in [4.69, 9.17) is 4.74 Å². The molecule has 0 amide bonds. The highest BCUT2D eigenvalue weighted by Crippen LogP contribution is 2.26. The van der Waals surface area contributed by atoms with E-state index in [0.29, 0.717) is 11.4 Å². The molecule has 0 aliphatic rings. The molecule has 1 unspecified atom stereocenters. The van der Waals surface area contributed by atoms with Crippen molar-refractivity contribution in [2.24, 2.45) is 5.92 Å². The highest BCUT2D eigenvalue weighted by atomic mass is 16.5. The van der Waals surface area contributed by atoms with Crippen LogP contribution in [0.1, 0.15) is 25.5 Å². The average Bonchev–Trinajstić information content (AvgIpc) is 2.37. The normalized spacial score (nSPS) is 12.6. The summed E-state index contributed by atoms with van der Waals surface area (Å²) in [6.45, 7) is 3.77. The summed E-state index contributed by atoms with van der Waals surface area (Å²) >= 11 is 0. The van der Waals surface area contributed by atoms with Crippen molar-refractivity contribution in [2.45, 2.75) is 19.8 Å². The van der Waals surface area contributed by atoms with Crippen LogP contribution in [0.25, 0.3) is 10.9 Å². The summed E-state index contributed by atoms with van der Waals surface area (Å²) < 4.78 is 5.16. The van der Waals surface area contributed by atoms with Gasteiger partial charge < -0.3 is 9.84 Å². The van der Waals surface area contributed by atoms with Crippen LogP contribution in [0.2, 0.25) is 0 Å². The summed E-state index contributed by atoms with van der Waals surface area (Å²) in [7, 11) is 1.60. The molecule has 0 bridgehead atoms. The molecule has 0 saturated carbocycles. The van der Waals surface area contributed by atoms with Crippen LogP contribution in [0.15, 0.2) is 30.3 Å². The number of benzene rings is 1. The summed E-state index contributed by atoms with van der Waals surface area (Å²) in [6, 6.07) is 9.28. The van der Waals surface area contributed by atoms with Crippen molar-refractivity contribution in [2.75, 3.05) is 7.11 Å². The molecule has 1 aromatic carbocycles. The van der Waals surface area contributed by atoms with E-state index in [1.807, 2.05) is 38.1 Å². The lowest BCUT2D eigenvalue weighted by atomic mass is 9.92. The average molecular weight is 259 g/mol. The maximum absolute atomic E-state index is 11.3. The van der Waals surface area contributed by atoms with Gasteiger partial charge in [0.2, 0.25) is 0 Å². The minimum atomic E-state index is -0.843.